The van der Waals surface area contributed by atoms with Crippen molar-refractivity contribution in [2.75, 3.05) is 37.6 Å². The van der Waals surface area contributed by atoms with E-state index in [1.54, 1.807) is 4.90 Å². The third-order valence-corrected chi connectivity index (χ3v) is 5.07. The largest absolute Gasteiger partial charge is 0.416 e. The highest BCUT2D eigenvalue weighted by molar-refractivity contribution is 5.77. The second kappa shape index (κ2) is 9.22. The average molecular weight is 403 g/mol. The van der Waals surface area contributed by atoms with Gasteiger partial charge in [-0.3, -0.25) is 14.9 Å². The average Bonchev–Trinajstić information content (AvgIpc) is 2.65. The molecule has 0 radical (unpaired) electrons. The van der Waals surface area contributed by atoms with E-state index >= 15 is 0 Å². The highest BCUT2D eigenvalue weighted by Crippen LogP contribution is 2.36. The van der Waals surface area contributed by atoms with Crippen molar-refractivity contribution < 1.29 is 27.8 Å². The summed E-state index contributed by atoms with van der Waals surface area (Å²) in [5, 5.41) is 14.2. The van der Waals surface area contributed by atoms with Crippen molar-refractivity contribution in [1.82, 2.24) is 5.32 Å². The number of nitrogens with one attached hydrogen (secondary N) is 2. The lowest BCUT2D eigenvalue weighted by atomic mass is 10.1. The first-order valence-electron chi connectivity index (χ1n) is 9.39. The number of carbonyl (C=O) groups is 1. The van der Waals surface area contributed by atoms with Gasteiger partial charge in [-0.15, -0.1) is 0 Å². The number of rotatable bonds is 7. The Kier molecular flexibility index (Phi) is 7.22. The Morgan fingerprint density at radius 3 is 2.39 bits per heavy atom. The quantitative estimate of drug-likeness (QED) is 0.536. The summed E-state index contributed by atoms with van der Waals surface area (Å²) in [6.07, 6.45) is -2.90. The molecule has 1 amide bonds. The fourth-order valence-corrected chi connectivity index (χ4v) is 3.35. The zero-order valence-corrected chi connectivity index (χ0v) is 16.0. The number of piperazine rings is 1. The Labute approximate surface area is 161 Å². The SMILES string of the molecule is CCC(CC)NC(=O)C[NH+]1CCN(c2ccc(C(F)(F)F)cc2[N+](=O)[O-])CC1. The van der Waals surface area contributed by atoms with Crippen LogP contribution in [0.3, 0.4) is 0 Å². The van der Waals surface area contributed by atoms with Crippen molar-refractivity contribution in [2.45, 2.75) is 38.9 Å². The first-order chi connectivity index (χ1) is 13.2. The van der Waals surface area contributed by atoms with E-state index in [0.717, 1.165) is 29.9 Å². The van der Waals surface area contributed by atoms with Gasteiger partial charge < -0.3 is 15.1 Å². The van der Waals surface area contributed by atoms with Gasteiger partial charge in [0.25, 0.3) is 11.6 Å². The molecule has 7 nitrogen and oxygen atoms in total. The van der Waals surface area contributed by atoms with Gasteiger partial charge in [-0.25, -0.2) is 0 Å². The van der Waals surface area contributed by atoms with Crippen LogP contribution < -0.4 is 15.1 Å². The first-order valence-corrected chi connectivity index (χ1v) is 9.39. The summed E-state index contributed by atoms with van der Waals surface area (Å²) < 4.78 is 38.5. The molecule has 1 aliphatic heterocycles. The van der Waals surface area contributed by atoms with Crippen LogP contribution in [-0.4, -0.2) is 49.6 Å². The molecule has 1 heterocycles. The molecule has 0 aromatic heterocycles. The van der Waals surface area contributed by atoms with Crippen LogP contribution in [0.25, 0.3) is 0 Å². The predicted octanol–water partition coefficient (Wildman–Crippen LogP) is 1.62. The third kappa shape index (κ3) is 5.57. The highest BCUT2D eigenvalue weighted by Gasteiger charge is 2.34. The normalized spacial score (nSPS) is 15.7. The molecule has 0 aliphatic carbocycles. The predicted molar refractivity (Wildman–Crippen MR) is 98.4 cm³/mol. The van der Waals surface area contributed by atoms with Crippen molar-refractivity contribution in [3.05, 3.63) is 33.9 Å². The standard InChI is InChI=1S/C18H25F3N4O3/c1-3-14(4-2)22-17(26)12-23-7-9-24(10-8-23)15-6-5-13(18(19,20)21)11-16(15)25(27)28/h5-6,11,14H,3-4,7-10,12H2,1-2H3,(H,22,26)/p+1. The zero-order valence-electron chi connectivity index (χ0n) is 16.0. The van der Waals surface area contributed by atoms with Crippen molar-refractivity contribution >= 4 is 17.3 Å². The maximum absolute atomic E-state index is 12.8. The first kappa shape index (κ1) is 21.9. The molecule has 2 rings (SSSR count). The minimum atomic E-state index is -4.63. The maximum atomic E-state index is 12.8. The molecule has 0 saturated carbocycles. The van der Waals surface area contributed by atoms with Gasteiger partial charge in [0.1, 0.15) is 5.69 Å². The lowest BCUT2D eigenvalue weighted by Crippen LogP contribution is -3.16. The van der Waals surface area contributed by atoms with E-state index in [2.05, 4.69) is 5.32 Å². The summed E-state index contributed by atoms with van der Waals surface area (Å²) in [4.78, 5) is 25.4. The number of carbonyl (C=O) groups excluding carboxylic acids is 1. The van der Waals surface area contributed by atoms with Gasteiger partial charge in [0.2, 0.25) is 0 Å². The molecule has 0 bridgehead atoms. The number of nitro groups is 1. The van der Waals surface area contributed by atoms with E-state index < -0.39 is 22.4 Å². The number of hydrogen-bond donors (Lipinski definition) is 2. The van der Waals surface area contributed by atoms with Crippen LogP contribution in [0.1, 0.15) is 32.3 Å². The fourth-order valence-electron chi connectivity index (χ4n) is 3.35. The van der Waals surface area contributed by atoms with E-state index in [1.807, 2.05) is 13.8 Å². The van der Waals surface area contributed by atoms with Gasteiger partial charge in [-0.2, -0.15) is 13.2 Å². The van der Waals surface area contributed by atoms with Crippen molar-refractivity contribution in [1.29, 1.82) is 0 Å². The van der Waals surface area contributed by atoms with Crippen LogP contribution >= 0.6 is 0 Å². The smallest absolute Gasteiger partial charge is 0.355 e. The van der Waals surface area contributed by atoms with E-state index in [-0.39, 0.29) is 17.6 Å². The number of quaternary nitrogens is 1. The van der Waals surface area contributed by atoms with Gasteiger partial charge in [-0.05, 0) is 25.0 Å². The molecule has 1 aliphatic rings. The van der Waals surface area contributed by atoms with Gasteiger partial charge in [0.05, 0.1) is 36.7 Å². The van der Waals surface area contributed by atoms with Gasteiger partial charge in [0, 0.05) is 12.1 Å². The molecule has 0 atom stereocenters. The van der Waals surface area contributed by atoms with Gasteiger partial charge in [0.15, 0.2) is 6.54 Å². The molecule has 1 saturated heterocycles. The Balaban J connectivity index is 2.01. The van der Waals surface area contributed by atoms with E-state index in [4.69, 9.17) is 0 Å². The minimum absolute atomic E-state index is 0.0299. The molecule has 1 fully saturated rings. The Hall–Kier alpha value is -2.36. The van der Waals surface area contributed by atoms with Crippen LogP contribution in [0, 0.1) is 10.1 Å². The monoisotopic (exact) mass is 403 g/mol. The zero-order chi connectivity index (χ0) is 20.9. The lowest BCUT2D eigenvalue weighted by Gasteiger charge is -2.33. The van der Waals surface area contributed by atoms with E-state index in [9.17, 15) is 28.1 Å². The summed E-state index contributed by atoms with van der Waals surface area (Å²) >= 11 is 0. The van der Waals surface area contributed by atoms with Crippen molar-refractivity contribution in [3.8, 4) is 0 Å². The van der Waals surface area contributed by atoms with Gasteiger partial charge >= 0.3 is 6.18 Å². The van der Waals surface area contributed by atoms with Gasteiger partial charge in [-0.1, -0.05) is 13.8 Å². The number of anilines is 1. The number of nitro benzene ring substituents is 1. The molecule has 2 N–H and O–H groups in total. The third-order valence-electron chi connectivity index (χ3n) is 5.07. The van der Waals surface area contributed by atoms with Crippen LogP contribution in [0.2, 0.25) is 0 Å². The number of nitrogens with zero attached hydrogens (tertiary/aromatic N) is 2. The molecular weight excluding hydrogens is 377 g/mol. The molecule has 0 unspecified atom stereocenters. The number of benzene rings is 1. The molecule has 0 spiro atoms. The molecule has 10 heteroatoms. The Morgan fingerprint density at radius 1 is 1.29 bits per heavy atom. The minimum Gasteiger partial charge on any atom is -0.355 e. The maximum Gasteiger partial charge on any atom is 0.416 e. The van der Waals surface area contributed by atoms with Crippen LogP contribution in [0.15, 0.2) is 18.2 Å². The topological polar surface area (TPSA) is 79.9 Å². The molecule has 28 heavy (non-hydrogen) atoms. The van der Waals surface area contributed by atoms with Crippen LogP contribution in [0.4, 0.5) is 24.5 Å². The Bertz CT molecular complexity index is 700. The number of alkyl halides is 3. The second-order valence-corrected chi connectivity index (χ2v) is 6.95. The van der Waals surface area contributed by atoms with E-state index in [1.165, 1.54) is 0 Å². The summed E-state index contributed by atoms with van der Waals surface area (Å²) in [7, 11) is 0. The lowest BCUT2D eigenvalue weighted by molar-refractivity contribution is -0.892. The molecule has 156 valence electrons. The summed E-state index contributed by atoms with van der Waals surface area (Å²) in [6.45, 7) is 6.36. The number of hydrogen-bond acceptors (Lipinski definition) is 4. The number of halogens is 3. The molecule has 1 aromatic carbocycles. The Morgan fingerprint density at radius 2 is 1.89 bits per heavy atom. The number of amides is 1. The van der Waals surface area contributed by atoms with E-state index in [0.29, 0.717) is 38.8 Å². The van der Waals surface area contributed by atoms with Crippen molar-refractivity contribution in [3.63, 3.8) is 0 Å². The fraction of sp³-hybridized carbons (Fsp3) is 0.611. The highest BCUT2D eigenvalue weighted by atomic mass is 19.4. The molecular formula is C18H26F3N4O3+. The summed E-state index contributed by atoms with van der Waals surface area (Å²) in [6, 6.07) is 2.76. The molecule has 1 aromatic rings. The van der Waals surface area contributed by atoms with Crippen molar-refractivity contribution in [2.24, 2.45) is 0 Å². The van der Waals surface area contributed by atoms with Crippen LogP contribution in [0.5, 0.6) is 0 Å². The second-order valence-electron chi connectivity index (χ2n) is 6.95. The summed E-state index contributed by atoms with van der Waals surface area (Å²) in [5.74, 6) is -0.0299. The van der Waals surface area contributed by atoms with Crippen LogP contribution in [-0.2, 0) is 11.0 Å². The summed E-state index contributed by atoms with van der Waals surface area (Å²) in [5.41, 5.74) is -1.41.